The van der Waals surface area contributed by atoms with E-state index in [1.807, 2.05) is 0 Å². The van der Waals surface area contributed by atoms with Gasteiger partial charge in [0.05, 0.1) is 0 Å². The van der Waals surface area contributed by atoms with E-state index in [4.69, 9.17) is 0 Å². The van der Waals surface area contributed by atoms with Gasteiger partial charge in [0.25, 0.3) is 0 Å². The van der Waals surface area contributed by atoms with Gasteiger partial charge in [-0.2, -0.15) is 0 Å². The summed E-state index contributed by atoms with van der Waals surface area (Å²) in [6.45, 7) is 0.829. The second kappa shape index (κ2) is 3.76. The van der Waals surface area contributed by atoms with E-state index in [2.05, 4.69) is 21.2 Å². The smallest absolute Gasteiger partial charge is 0.223 e. The van der Waals surface area contributed by atoms with Gasteiger partial charge in [0.1, 0.15) is 0 Å². The Kier molecular flexibility index (Phi) is 2.54. The number of carbonyl (C=O) groups excluding carboxylic acids is 1. The summed E-state index contributed by atoms with van der Waals surface area (Å²) in [7, 11) is 0. The van der Waals surface area contributed by atoms with Gasteiger partial charge in [0.2, 0.25) is 5.91 Å². The molecular formula is C12H18BrNO. The minimum absolute atomic E-state index is 0.312. The lowest BCUT2D eigenvalue weighted by atomic mass is 10.0. The Morgan fingerprint density at radius 2 is 1.93 bits per heavy atom. The monoisotopic (exact) mass is 271 g/mol. The van der Waals surface area contributed by atoms with Crippen molar-refractivity contribution in [1.29, 1.82) is 0 Å². The first-order chi connectivity index (χ1) is 7.24. The Labute approximate surface area is 99.3 Å². The molecule has 0 bridgehead atoms. The fourth-order valence-electron chi connectivity index (χ4n) is 2.90. The molecule has 3 saturated carbocycles. The molecule has 2 nitrogen and oxygen atoms in total. The van der Waals surface area contributed by atoms with Crippen LogP contribution in [0.25, 0.3) is 0 Å². The number of halogens is 1. The molecule has 1 N–H and O–H groups in total. The summed E-state index contributed by atoms with van der Waals surface area (Å²) in [6, 6.07) is 0. The van der Waals surface area contributed by atoms with Crippen LogP contribution in [0, 0.1) is 23.7 Å². The summed E-state index contributed by atoms with van der Waals surface area (Å²) in [4.78, 5) is 12.3. The van der Waals surface area contributed by atoms with Crippen LogP contribution in [0.2, 0.25) is 0 Å². The second-order valence-corrected chi connectivity index (χ2v) is 6.70. The summed E-state index contributed by atoms with van der Waals surface area (Å²) >= 11 is 3.65. The molecule has 0 radical (unpaired) electrons. The average Bonchev–Trinajstić information content (AvgIpc) is 3.14. The lowest BCUT2D eigenvalue weighted by Gasteiger charge is -2.14. The zero-order valence-corrected chi connectivity index (χ0v) is 10.5. The van der Waals surface area contributed by atoms with E-state index in [0.717, 1.165) is 37.1 Å². The van der Waals surface area contributed by atoms with Crippen molar-refractivity contribution in [2.45, 2.75) is 36.9 Å². The van der Waals surface area contributed by atoms with Crippen molar-refractivity contribution < 1.29 is 4.79 Å². The van der Waals surface area contributed by atoms with Gasteiger partial charge in [-0.15, -0.1) is 0 Å². The molecule has 15 heavy (non-hydrogen) atoms. The topological polar surface area (TPSA) is 29.1 Å². The number of carbonyl (C=O) groups is 1. The normalized spacial score (nSPS) is 39.7. The van der Waals surface area contributed by atoms with E-state index < -0.39 is 0 Å². The molecule has 3 atom stereocenters. The van der Waals surface area contributed by atoms with Crippen molar-refractivity contribution in [2.75, 3.05) is 6.54 Å². The second-order valence-electron chi connectivity index (χ2n) is 5.52. The van der Waals surface area contributed by atoms with Crippen molar-refractivity contribution in [2.24, 2.45) is 23.7 Å². The molecular weight excluding hydrogens is 254 g/mol. The highest BCUT2D eigenvalue weighted by Crippen LogP contribution is 2.54. The highest BCUT2D eigenvalue weighted by atomic mass is 79.9. The maximum absolute atomic E-state index is 11.8. The van der Waals surface area contributed by atoms with Gasteiger partial charge in [-0.25, -0.2) is 0 Å². The van der Waals surface area contributed by atoms with Crippen LogP contribution >= 0.6 is 15.9 Å². The van der Waals surface area contributed by atoms with E-state index in [9.17, 15) is 4.79 Å². The predicted octanol–water partition coefficient (Wildman–Crippen LogP) is 2.32. The number of alkyl halides is 1. The number of hydrogen-bond donors (Lipinski definition) is 1. The fraction of sp³-hybridized carbons (Fsp3) is 0.917. The zero-order valence-electron chi connectivity index (χ0n) is 8.92. The number of amides is 1. The summed E-state index contributed by atoms with van der Waals surface area (Å²) < 4.78 is 0. The van der Waals surface area contributed by atoms with Gasteiger partial charge in [0, 0.05) is 17.3 Å². The molecule has 3 rings (SSSR count). The Morgan fingerprint density at radius 3 is 2.53 bits per heavy atom. The average molecular weight is 272 g/mol. The van der Waals surface area contributed by atoms with Crippen molar-refractivity contribution in [3.8, 4) is 0 Å². The van der Waals surface area contributed by atoms with Crippen LogP contribution in [-0.4, -0.2) is 17.3 Å². The highest BCUT2D eigenvalue weighted by Gasteiger charge is 2.48. The minimum atomic E-state index is 0.312. The predicted molar refractivity (Wildman–Crippen MR) is 62.8 cm³/mol. The molecule has 3 aliphatic carbocycles. The Bertz CT molecular complexity index is 267. The molecule has 0 saturated heterocycles. The first-order valence-electron chi connectivity index (χ1n) is 6.16. The Morgan fingerprint density at radius 1 is 1.27 bits per heavy atom. The van der Waals surface area contributed by atoms with Gasteiger partial charge in [-0.1, -0.05) is 15.9 Å². The highest BCUT2D eigenvalue weighted by molar-refractivity contribution is 9.09. The molecule has 3 aliphatic rings. The first kappa shape index (κ1) is 10.1. The van der Waals surface area contributed by atoms with Crippen LogP contribution in [0.5, 0.6) is 0 Å². The molecule has 84 valence electrons. The number of fused-ring (bicyclic) bond motifs is 1. The van der Waals surface area contributed by atoms with Crippen molar-refractivity contribution >= 4 is 21.8 Å². The maximum Gasteiger partial charge on any atom is 0.223 e. The molecule has 0 aromatic carbocycles. The number of hydrogen-bond acceptors (Lipinski definition) is 1. The van der Waals surface area contributed by atoms with E-state index in [1.165, 1.54) is 19.3 Å². The van der Waals surface area contributed by atoms with Gasteiger partial charge in [-0.3, -0.25) is 4.79 Å². The summed E-state index contributed by atoms with van der Waals surface area (Å²) in [5.74, 6) is 3.29. The lowest BCUT2D eigenvalue weighted by Crippen LogP contribution is -2.34. The first-order valence-corrected chi connectivity index (χ1v) is 7.07. The SMILES string of the molecule is O=C(NCC(Br)C1CC1)C1CC2CC2C1. The third kappa shape index (κ3) is 2.22. The fourth-order valence-corrected chi connectivity index (χ4v) is 3.59. The summed E-state index contributed by atoms with van der Waals surface area (Å²) in [5.41, 5.74) is 0. The zero-order chi connectivity index (χ0) is 10.4. The molecule has 0 aromatic heterocycles. The summed E-state index contributed by atoms with van der Waals surface area (Å²) in [5, 5.41) is 3.10. The molecule has 3 fully saturated rings. The molecule has 0 aromatic rings. The van der Waals surface area contributed by atoms with Crippen LogP contribution in [0.4, 0.5) is 0 Å². The molecule has 1 amide bonds. The largest absolute Gasteiger partial charge is 0.355 e. The van der Waals surface area contributed by atoms with E-state index >= 15 is 0 Å². The molecule has 0 aliphatic heterocycles. The molecule has 3 unspecified atom stereocenters. The third-order valence-corrected chi connectivity index (χ3v) is 5.29. The van der Waals surface area contributed by atoms with Gasteiger partial charge in [-0.05, 0) is 49.9 Å². The van der Waals surface area contributed by atoms with Crippen molar-refractivity contribution in [1.82, 2.24) is 5.32 Å². The van der Waals surface area contributed by atoms with E-state index in [0.29, 0.717) is 16.7 Å². The van der Waals surface area contributed by atoms with Crippen LogP contribution in [-0.2, 0) is 4.79 Å². The van der Waals surface area contributed by atoms with Crippen molar-refractivity contribution in [3.05, 3.63) is 0 Å². The van der Waals surface area contributed by atoms with Crippen LogP contribution < -0.4 is 5.32 Å². The van der Waals surface area contributed by atoms with Crippen LogP contribution in [0.15, 0.2) is 0 Å². The number of nitrogens with one attached hydrogen (secondary N) is 1. The lowest BCUT2D eigenvalue weighted by molar-refractivity contribution is -0.125. The maximum atomic E-state index is 11.8. The minimum Gasteiger partial charge on any atom is -0.355 e. The standard InChI is InChI=1S/C12H18BrNO/c13-11(7-1-2-7)6-14-12(15)10-4-8-3-9(8)5-10/h7-11H,1-6H2,(H,14,15). The molecule has 0 spiro atoms. The summed E-state index contributed by atoms with van der Waals surface area (Å²) in [6.07, 6.45) is 6.38. The van der Waals surface area contributed by atoms with Gasteiger partial charge in [0.15, 0.2) is 0 Å². The van der Waals surface area contributed by atoms with Crippen LogP contribution in [0.3, 0.4) is 0 Å². The van der Waals surface area contributed by atoms with Crippen molar-refractivity contribution in [3.63, 3.8) is 0 Å². The quantitative estimate of drug-likeness (QED) is 0.782. The van der Waals surface area contributed by atoms with E-state index in [-0.39, 0.29) is 0 Å². The third-order valence-electron chi connectivity index (χ3n) is 4.22. The van der Waals surface area contributed by atoms with Crippen LogP contribution in [0.1, 0.15) is 32.1 Å². The Balaban J connectivity index is 1.40. The van der Waals surface area contributed by atoms with E-state index in [1.54, 1.807) is 0 Å². The van der Waals surface area contributed by atoms with Gasteiger partial charge < -0.3 is 5.32 Å². The molecule has 0 heterocycles. The number of rotatable bonds is 4. The Hall–Kier alpha value is -0.0500. The van der Waals surface area contributed by atoms with Gasteiger partial charge >= 0.3 is 0 Å². The molecule has 3 heteroatoms.